The zero-order valence-electron chi connectivity index (χ0n) is 54.1. The Kier molecular flexibility index (Phi) is 37.2. The van der Waals surface area contributed by atoms with Crippen LogP contribution in [0.3, 0.4) is 0 Å². The number of carbonyl (C=O) groups excluding carboxylic acids is 8. The fraction of sp³-hybridized carbons (Fsp3) is 0.864. The number of aliphatic hydroxyl groups excluding tert-OH is 9. The van der Waals surface area contributed by atoms with E-state index in [1.54, 1.807) is 13.8 Å². The Bertz CT molecular complexity index is 2390. The summed E-state index contributed by atoms with van der Waals surface area (Å²) in [5, 5.41) is 104. The van der Waals surface area contributed by atoms with E-state index in [-0.39, 0.29) is 142 Å². The van der Waals surface area contributed by atoms with Crippen LogP contribution < -0.4 is 26.6 Å². The maximum Gasteiger partial charge on any atom is 0.330 e. The first-order chi connectivity index (χ1) is 44.6. The van der Waals surface area contributed by atoms with Crippen LogP contribution in [0.5, 0.6) is 0 Å². The molecule has 18 unspecified atom stereocenters. The molecule has 94 heavy (non-hydrogen) atoms. The van der Waals surface area contributed by atoms with Crippen molar-refractivity contribution >= 4 is 54.5 Å². The van der Waals surface area contributed by atoms with Gasteiger partial charge in [-0.25, -0.2) is 0 Å². The van der Waals surface area contributed by atoms with E-state index < -0.39 is 190 Å². The van der Waals surface area contributed by atoms with Crippen molar-refractivity contribution in [3.05, 3.63) is 0 Å². The molecule has 0 bridgehead atoms. The summed E-state index contributed by atoms with van der Waals surface area (Å²) in [4.78, 5) is 115. The van der Waals surface area contributed by atoms with Crippen LogP contribution >= 0.6 is 7.60 Å². The molecular formula is C59H102N5O29P. The molecule has 542 valence electrons. The Morgan fingerprint density at radius 2 is 0.840 bits per heavy atom. The van der Waals surface area contributed by atoms with Gasteiger partial charge in [-0.2, -0.15) is 0 Å². The highest BCUT2D eigenvalue weighted by atomic mass is 31.2. The minimum absolute atomic E-state index is 0.00828. The molecule has 4 fully saturated rings. The van der Waals surface area contributed by atoms with Gasteiger partial charge in [0.1, 0.15) is 78.8 Å². The normalized spacial score (nSPS) is 30.1. The third-order valence-corrected chi connectivity index (χ3v) is 18.2. The van der Waals surface area contributed by atoms with Crippen molar-refractivity contribution in [1.29, 1.82) is 0 Å². The number of rotatable bonds is 44. The second-order valence-electron chi connectivity index (χ2n) is 24.0. The maximum absolute atomic E-state index is 14.0. The molecule has 3 heterocycles. The first-order valence-electron chi connectivity index (χ1n) is 32.1. The summed E-state index contributed by atoms with van der Waals surface area (Å²) in [5.41, 5.74) is -0.640. The van der Waals surface area contributed by atoms with Crippen molar-refractivity contribution in [2.75, 3.05) is 79.3 Å². The number of amides is 5. The van der Waals surface area contributed by atoms with E-state index in [9.17, 15) is 93.8 Å². The van der Waals surface area contributed by atoms with Gasteiger partial charge >= 0.3 is 7.60 Å². The topological polar surface area (TPSA) is 508 Å². The van der Waals surface area contributed by atoms with Gasteiger partial charge in [-0.3, -0.25) is 42.9 Å². The minimum Gasteiger partial charge on any atom is -0.394 e. The molecule has 0 spiro atoms. The second-order valence-corrected chi connectivity index (χ2v) is 26.4. The molecule has 3 aliphatic heterocycles. The van der Waals surface area contributed by atoms with Crippen LogP contribution in [0.4, 0.5) is 0 Å². The van der Waals surface area contributed by atoms with Crippen molar-refractivity contribution < 1.29 is 141 Å². The lowest BCUT2D eigenvalue weighted by atomic mass is 9.86. The van der Waals surface area contributed by atoms with Crippen molar-refractivity contribution in [1.82, 2.24) is 26.6 Å². The summed E-state index contributed by atoms with van der Waals surface area (Å²) < 4.78 is 68.7. The number of aliphatic hydroxyl groups is 9. The average Bonchev–Trinajstić information content (AvgIpc) is 0.828. The Morgan fingerprint density at radius 3 is 1.20 bits per heavy atom. The molecule has 0 aromatic rings. The standard InChI is InChI=1S/C59H102N5O29P/c1-32(2)94(82,83)93-38-15-12-36(13-16-38)56(81)64-40(42(73)11-8-22-86-25-28-89-59-49(62-35(5)70)55(80)52(77)45(31-67)92-59)18-19-46(74)63-39(41(72)10-7-21-85-24-27-88-58-48(61-34(4)69)54(79)51(76)44(30-66)91-58)17-14-37(71)9-6-20-84-23-26-87-57-47(60-33(3)68)53(78)50(75)43(29-65)90-57/h32,36,38-40,43-45,47-55,57-59,65-67,75-80H,6-31H2,1-5H3,(H,60,68)(H,61,69)(H,62,70)(H,63,74)(H,64,81)(H,82,83). The fourth-order valence-corrected chi connectivity index (χ4v) is 11.8. The molecule has 0 aromatic carbocycles. The Labute approximate surface area is 545 Å². The first kappa shape index (κ1) is 82.2. The van der Waals surface area contributed by atoms with Gasteiger partial charge in [-0.1, -0.05) is 13.8 Å². The van der Waals surface area contributed by atoms with E-state index in [2.05, 4.69) is 26.6 Å². The first-order valence-corrected chi connectivity index (χ1v) is 33.7. The van der Waals surface area contributed by atoms with Gasteiger partial charge in [0.2, 0.25) is 29.5 Å². The molecule has 5 amide bonds. The monoisotopic (exact) mass is 1380 g/mol. The molecule has 4 rings (SSSR count). The second kappa shape index (κ2) is 42.6. The molecule has 1 saturated carbocycles. The SMILES string of the molecule is CC(=O)NC1C(OCCOCCCC(=O)CCC(NC(=O)CCC(NC(=O)C2CCC(OP(=O)(O)C(C)C)CC2)C(=O)CCCOCCOC2OC(CO)C(O)C(O)C2NC(C)=O)C(=O)CCCOCCOC2OC(CO)C(O)C(O)C2NC(C)=O)OC(CO)C(O)C1O. The number of nitrogens with one attached hydrogen (secondary N) is 5. The number of Topliss-reactive ketones (excluding diaryl/α,β-unsaturated/α-hetero) is 3. The van der Waals surface area contributed by atoms with Gasteiger partial charge in [0.25, 0.3) is 0 Å². The van der Waals surface area contributed by atoms with E-state index >= 15 is 0 Å². The third-order valence-electron chi connectivity index (χ3n) is 16.2. The maximum atomic E-state index is 14.0. The molecule has 0 aromatic heterocycles. The van der Waals surface area contributed by atoms with E-state index in [1.165, 1.54) is 20.8 Å². The number of carbonyl (C=O) groups is 8. The molecule has 18 atom stereocenters. The number of hydrogen-bond donors (Lipinski definition) is 15. The van der Waals surface area contributed by atoms with Gasteiger partial charge in [-0.05, 0) is 57.8 Å². The van der Waals surface area contributed by atoms with E-state index in [0.29, 0.717) is 12.8 Å². The summed E-state index contributed by atoms with van der Waals surface area (Å²) in [7, 11) is -3.90. The number of ketones is 3. The van der Waals surface area contributed by atoms with Crippen LogP contribution in [-0.4, -0.2) is 293 Å². The van der Waals surface area contributed by atoms with Crippen LogP contribution in [0.2, 0.25) is 0 Å². The van der Waals surface area contributed by atoms with Gasteiger partial charge in [0, 0.05) is 78.6 Å². The van der Waals surface area contributed by atoms with Gasteiger partial charge in [0.15, 0.2) is 30.4 Å². The smallest absolute Gasteiger partial charge is 0.330 e. The Morgan fingerprint density at radius 1 is 0.479 bits per heavy atom. The molecule has 1 aliphatic carbocycles. The predicted octanol–water partition coefficient (Wildman–Crippen LogP) is -4.34. The lowest BCUT2D eigenvalue weighted by Crippen LogP contribution is -2.64. The van der Waals surface area contributed by atoms with Gasteiger partial charge in [-0.15, -0.1) is 0 Å². The molecular weight excluding hydrogens is 1270 g/mol. The molecule has 34 nitrogen and oxygen atoms in total. The minimum atomic E-state index is -3.90. The largest absolute Gasteiger partial charge is 0.394 e. The highest BCUT2D eigenvalue weighted by Crippen LogP contribution is 2.50. The van der Waals surface area contributed by atoms with Crippen LogP contribution in [0.1, 0.15) is 125 Å². The molecule has 15 N–H and O–H groups in total. The molecule has 0 radical (unpaired) electrons. The number of ether oxygens (including phenoxy) is 9. The van der Waals surface area contributed by atoms with Gasteiger partial charge < -0.3 is 125 Å². The van der Waals surface area contributed by atoms with Crippen molar-refractivity contribution in [2.45, 2.75) is 240 Å². The van der Waals surface area contributed by atoms with Crippen molar-refractivity contribution in [3.63, 3.8) is 0 Å². The molecule has 3 saturated heterocycles. The van der Waals surface area contributed by atoms with Crippen molar-refractivity contribution in [3.8, 4) is 0 Å². The lowest BCUT2D eigenvalue weighted by Gasteiger charge is -2.42. The zero-order valence-corrected chi connectivity index (χ0v) is 55.0. The zero-order chi connectivity index (χ0) is 69.7. The van der Waals surface area contributed by atoms with E-state index in [1.807, 2.05) is 0 Å². The van der Waals surface area contributed by atoms with E-state index in [0.717, 1.165) is 0 Å². The quantitative estimate of drug-likeness (QED) is 0.0203. The van der Waals surface area contributed by atoms with E-state index in [4.69, 9.17) is 47.2 Å². The van der Waals surface area contributed by atoms with Crippen LogP contribution in [0.25, 0.3) is 0 Å². The predicted molar refractivity (Wildman–Crippen MR) is 323 cm³/mol. The highest BCUT2D eigenvalue weighted by Gasteiger charge is 2.48. The Balaban J connectivity index is 1.37. The molecule has 35 heteroatoms. The Hall–Kier alpha value is -4.21. The fourth-order valence-electron chi connectivity index (χ4n) is 10.9. The molecule has 4 aliphatic rings. The lowest BCUT2D eigenvalue weighted by molar-refractivity contribution is -0.272. The summed E-state index contributed by atoms with van der Waals surface area (Å²) in [6, 6.07) is -5.91. The highest BCUT2D eigenvalue weighted by molar-refractivity contribution is 7.53. The van der Waals surface area contributed by atoms with Gasteiger partial charge in [0.05, 0.1) is 83.3 Å². The van der Waals surface area contributed by atoms with Crippen LogP contribution in [0, 0.1) is 5.92 Å². The van der Waals surface area contributed by atoms with Crippen molar-refractivity contribution in [2.24, 2.45) is 5.92 Å². The third kappa shape index (κ3) is 27.6. The average molecular weight is 1380 g/mol. The summed E-state index contributed by atoms with van der Waals surface area (Å²) in [6.07, 6.45) is -16.5. The van der Waals surface area contributed by atoms with Crippen LogP contribution in [0.15, 0.2) is 0 Å². The summed E-state index contributed by atoms with van der Waals surface area (Å²) in [6.45, 7) is 4.37. The summed E-state index contributed by atoms with van der Waals surface area (Å²) >= 11 is 0. The number of hydrogen-bond acceptors (Lipinski definition) is 28. The van der Waals surface area contributed by atoms with Crippen LogP contribution in [-0.2, 0) is 90.1 Å². The summed E-state index contributed by atoms with van der Waals surface area (Å²) in [5.74, 6) is -4.58.